The minimum Gasteiger partial charge on any atom is -0.336 e. The molecule has 0 aliphatic carbocycles. The van der Waals surface area contributed by atoms with E-state index in [-0.39, 0.29) is 11.7 Å². The zero-order chi connectivity index (χ0) is 16.2. The zero-order valence-corrected chi connectivity index (χ0v) is 13.3. The van der Waals surface area contributed by atoms with Gasteiger partial charge in [-0.05, 0) is 18.2 Å². The van der Waals surface area contributed by atoms with E-state index >= 15 is 0 Å². The van der Waals surface area contributed by atoms with Gasteiger partial charge >= 0.3 is 0 Å². The molecule has 0 aromatic heterocycles. The van der Waals surface area contributed by atoms with Gasteiger partial charge in [0.15, 0.2) is 0 Å². The Hall–Kier alpha value is -1.91. The van der Waals surface area contributed by atoms with Crippen LogP contribution >= 0.6 is 0 Å². The third-order valence-electron chi connectivity index (χ3n) is 3.68. The molecule has 0 radical (unpaired) electrons. The van der Waals surface area contributed by atoms with Crippen molar-refractivity contribution in [3.63, 3.8) is 0 Å². The quantitative estimate of drug-likeness (QED) is 0.800. The predicted molar refractivity (Wildman–Crippen MR) is 83.2 cm³/mol. The monoisotopic (exact) mass is 321 g/mol. The lowest BCUT2D eigenvalue weighted by Gasteiger charge is -2.34. The number of hydrogen-bond donors (Lipinski definition) is 0. The number of nitrogens with zero attached hydrogens (tertiary/aromatic N) is 3. The summed E-state index contributed by atoms with van der Waals surface area (Å²) in [4.78, 5) is 16.2. The SMILES string of the molecule is CS(=O)(=O)CCN1CCN(C(=O)c2cccc(C#N)c2)CC1. The van der Waals surface area contributed by atoms with E-state index in [1.54, 1.807) is 29.2 Å². The number of carbonyl (C=O) groups excluding carboxylic acids is 1. The molecule has 22 heavy (non-hydrogen) atoms. The fourth-order valence-electron chi connectivity index (χ4n) is 2.37. The van der Waals surface area contributed by atoms with Crippen LogP contribution in [0.25, 0.3) is 0 Å². The zero-order valence-electron chi connectivity index (χ0n) is 12.5. The molecule has 1 aromatic rings. The molecular formula is C15H19N3O3S. The van der Waals surface area contributed by atoms with Crippen molar-refractivity contribution in [3.8, 4) is 6.07 Å². The average molecular weight is 321 g/mol. The first-order valence-corrected chi connectivity index (χ1v) is 9.14. The first-order valence-electron chi connectivity index (χ1n) is 7.08. The molecular weight excluding hydrogens is 302 g/mol. The van der Waals surface area contributed by atoms with Crippen LogP contribution in [0.5, 0.6) is 0 Å². The second-order valence-electron chi connectivity index (χ2n) is 5.46. The number of nitriles is 1. The van der Waals surface area contributed by atoms with Gasteiger partial charge in [-0.2, -0.15) is 5.26 Å². The van der Waals surface area contributed by atoms with Crippen molar-refractivity contribution in [1.29, 1.82) is 5.26 Å². The summed E-state index contributed by atoms with van der Waals surface area (Å²) in [5.74, 6) is 0.0605. The highest BCUT2D eigenvalue weighted by Gasteiger charge is 2.22. The van der Waals surface area contributed by atoms with Gasteiger partial charge in [0, 0.05) is 44.5 Å². The molecule has 0 unspecified atom stereocenters. The molecule has 2 rings (SSSR count). The molecule has 0 saturated carbocycles. The van der Waals surface area contributed by atoms with E-state index in [1.807, 2.05) is 6.07 Å². The number of rotatable bonds is 4. The number of piperazine rings is 1. The van der Waals surface area contributed by atoms with Crippen LogP contribution in [0.3, 0.4) is 0 Å². The maximum atomic E-state index is 12.4. The van der Waals surface area contributed by atoms with Crippen LogP contribution in [0.15, 0.2) is 24.3 Å². The van der Waals surface area contributed by atoms with E-state index in [4.69, 9.17) is 5.26 Å². The van der Waals surface area contributed by atoms with Crippen LogP contribution in [0.4, 0.5) is 0 Å². The second-order valence-corrected chi connectivity index (χ2v) is 7.72. The molecule has 1 saturated heterocycles. The lowest BCUT2D eigenvalue weighted by Crippen LogP contribution is -2.49. The minimum absolute atomic E-state index is 0.0835. The Morgan fingerprint density at radius 2 is 1.95 bits per heavy atom. The van der Waals surface area contributed by atoms with Gasteiger partial charge < -0.3 is 4.90 Å². The summed E-state index contributed by atoms with van der Waals surface area (Å²) >= 11 is 0. The third kappa shape index (κ3) is 4.55. The van der Waals surface area contributed by atoms with Gasteiger partial charge in [-0.1, -0.05) is 6.07 Å². The molecule has 1 amide bonds. The normalized spacial score (nSPS) is 16.3. The maximum absolute atomic E-state index is 12.4. The molecule has 7 heteroatoms. The number of hydrogen-bond acceptors (Lipinski definition) is 5. The second kappa shape index (κ2) is 6.90. The molecule has 0 bridgehead atoms. The molecule has 1 aromatic carbocycles. The highest BCUT2D eigenvalue weighted by molar-refractivity contribution is 7.90. The third-order valence-corrected chi connectivity index (χ3v) is 4.60. The van der Waals surface area contributed by atoms with Gasteiger partial charge in [-0.25, -0.2) is 8.42 Å². The Morgan fingerprint density at radius 3 is 2.55 bits per heavy atom. The van der Waals surface area contributed by atoms with E-state index in [0.29, 0.717) is 43.9 Å². The van der Waals surface area contributed by atoms with Crippen molar-refractivity contribution < 1.29 is 13.2 Å². The smallest absolute Gasteiger partial charge is 0.253 e. The minimum atomic E-state index is -2.96. The topological polar surface area (TPSA) is 81.5 Å². The van der Waals surface area contributed by atoms with Crippen LogP contribution in [-0.4, -0.2) is 68.9 Å². The van der Waals surface area contributed by atoms with Gasteiger partial charge in [-0.15, -0.1) is 0 Å². The first kappa shape index (κ1) is 16.5. The van der Waals surface area contributed by atoms with E-state index < -0.39 is 9.84 Å². The molecule has 1 aliphatic heterocycles. The first-order chi connectivity index (χ1) is 10.4. The van der Waals surface area contributed by atoms with Gasteiger partial charge in [0.25, 0.3) is 5.91 Å². The maximum Gasteiger partial charge on any atom is 0.253 e. The Morgan fingerprint density at radius 1 is 1.27 bits per heavy atom. The van der Waals surface area contributed by atoms with E-state index in [9.17, 15) is 13.2 Å². The lowest BCUT2D eigenvalue weighted by atomic mass is 10.1. The predicted octanol–water partition coefficient (Wildman–Crippen LogP) is 0.361. The fraction of sp³-hybridized carbons (Fsp3) is 0.467. The fourth-order valence-corrected chi connectivity index (χ4v) is 2.96. The molecule has 1 aliphatic rings. The summed E-state index contributed by atoms with van der Waals surface area (Å²) in [5, 5.41) is 8.88. The number of amides is 1. The van der Waals surface area contributed by atoms with Gasteiger partial charge in [0.05, 0.1) is 17.4 Å². The van der Waals surface area contributed by atoms with Crippen LogP contribution in [-0.2, 0) is 9.84 Å². The summed E-state index contributed by atoms with van der Waals surface area (Å²) < 4.78 is 22.3. The standard InChI is InChI=1S/C15H19N3O3S/c1-22(20,21)10-9-17-5-7-18(8-6-17)15(19)14-4-2-3-13(11-14)12-16/h2-4,11H,5-10H2,1H3. The summed E-state index contributed by atoms with van der Waals surface area (Å²) in [7, 11) is -2.96. The Bertz CT molecular complexity index is 686. The molecule has 0 atom stereocenters. The van der Waals surface area contributed by atoms with Crippen LogP contribution in [0, 0.1) is 11.3 Å². The Balaban J connectivity index is 1.91. The van der Waals surface area contributed by atoms with Crippen molar-refractivity contribution in [1.82, 2.24) is 9.80 Å². The molecule has 118 valence electrons. The molecule has 1 heterocycles. The van der Waals surface area contributed by atoms with Crippen molar-refractivity contribution in [2.75, 3.05) is 44.7 Å². The highest BCUT2D eigenvalue weighted by atomic mass is 32.2. The van der Waals surface area contributed by atoms with Crippen LogP contribution < -0.4 is 0 Å². The number of sulfone groups is 1. The van der Waals surface area contributed by atoms with Gasteiger partial charge in [-0.3, -0.25) is 9.69 Å². The van der Waals surface area contributed by atoms with E-state index in [2.05, 4.69) is 4.90 Å². The molecule has 0 spiro atoms. The molecule has 0 N–H and O–H groups in total. The largest absolute Gasteiger partial charge is 0.336 e. The van der Waals surface area contributed by atoms with Crippen molar-refractivity contribution in [2.24, 2.45) is 0 Å². The summed E-state index contributed by atoms with van der Waals surface area (Å²) in [6, 6.07) is 8.70. The molecule has 6 nitrogen and oxygen atoms in total. The van der Waals surface area contributed by atoms with E-state index in [0.717, 1.165) is 0 Å². The van der Waals surface area contributed by atoms with Crippen molar-refractivity contribution in [2.45, 2.75) is 0 Å². The Kier molecular flexibility index (Phi) is 5.16. The van der Waals surface area contributed by atoms with Gasteiger partial charge in [0.2, 0.25) is 0 Å². The highest BCUT2D eigenvalue weighted by Crippen LogP contribution is 2.10. The van der Waals surface area contributed by atoms with Crippen LogP contribution in [0.2, 0.25) is 0 Å². The summed E-state index contributed by atoms with van der Waals surface area (Å²) in [6.07, 6.45) is 1.23. The van der Waals surface area contributed by atoms with Crippen molar-refractivity contribution in [3.05, 3.63) is 35.4 Å². The van der Waals surface area contributed by atoms with Gasteiger partial charge in [0.1, 0.15) is 9.84 Å². The van der Waals surface area contributed by atoms with Crippen LogP contribution in [0.1, 0.15) is 15.9 Å². The number of benzene rings is 1. The average Bonchev–Trinajstić information content (AvgIpc) is 2.52. The van der Waals surface area contributed by atoms with E-state index in [1.165, 1.54) is 6.26 Å². The Labute approximate surface area is 130 Å². The lowest BCUT2D eigenvalue weighted by molar-refractivity contribution is 0.0644. The van der Waals surface area contributed by atoms with Crippen molar-refractivity contribution >= 4 is 15.7 Å². The summed E-state index contributed by atoms with van der Waals surface area (Å²) in [5.41, 5.74) is 0.987. The summed E-state index contributed by atoms with van der Waals surface area (Å²) in [6.45, 7) is 2.97. The molecule has 1 fully saturated rings. The number of carbonyl (C=O) groups is 1.